The zero-order valence-corrected chi connectivity index (χ0v) is 20.8. The van der Waals surface area contributed by atoms with Crippen LogP contribution in [0.15, 0.2) is 35.2 Å². The van der Waals surface area contributed by atoms with Crippen LogP contribution < -0.4 is 0 Å². The van der Waals surface area contributed by atoms with Crippen molar-refractivity contribution in [2.75, 3.05) is 32.8 Å². The highest BCUT2D eigenvalue weighted by Crippen LogP contribution is 2.34. The summed E-state index contributed by atoms with van der Waals surface area (Å²) in [6.07, 6.45) is 5.19. The van der Waals surface area contributed by atoms with E-state index in [1.54, 1.807) is 11.0 Å². The van der Waals surface area contributed by atoms with Gasteiger partial charge < -0.3 is 14.2 Å². The smallest absolute Gasteiger partial charge is 0.294 e. The number of carbonyl (C=O) groups excluding carboxylic acids is 3. The molecule has 2 saturated heterocycles. The highest BCUT2D eigenvalue weighted by molar-refractivity contribution is 8.18. The molecule has 0 saturated carbocycles. The maximum atomic E-state index is 12.9. The van der Waals surface area contributed by atoms with Crippen LogP contribution in [0.3, 0.4) is 0 Å². The lowest BCUT2D eigenvalue weighted by Crippen LogP contribution is -2.46. The van der Waals surface area contributed by atoms with Gasteiger partial charge in [0.25, 0.3) is 11.1 Å². The van der Waals surface area contributed by atoms with Crippen molar-refractivity contribution < 1.29 is 19.1 Å². The van der Waals surface area contributed by atoms with Gasteiger partial charge in [0, 0.05) is 30.2 Å². The SMILES string of the molecule is CCCCc1ccc(-n2c(C)cc(/C=C3/SC(=O)N(CC(=O)N4CCOCC4)C3=O)c2C)cc1. The molecule has 0 bridgehead atoms. The third-order valence-electron chi connectivity index (χ3n) is 6.30. The van der Waals surface area contributed by atoms with Gasteiger partial charge in [-0.15, -0.1) is 0 Å². The van der Waals surface area contributed by atoms with E-state index in [0.29, 0.717) is 31.2 Å². The maximum absolute atomic E-state index is 12.9. The molecule has 4 rings (SSSR count). The zero-order chi connectivity index (χ0) is 24.2. The van der Waals surface area contributed by atoms with Gasteiger partial charge in [-0.2, -0.15) is 0 Å². The highest BCUT2D eigenvalue weighted by atomic mass is 32.2. The van der Waals surface area contributed by atoms with Crippen molar-refractivity contribution in [3.8, 4) is 5.69 Å². The number of amides is 3. The standard InChI is InChI=1S/C26H31N3O4S/c1-4-5-6-20-7-9-22(10-8-20)29-18(2)15-21(19(29)3)16-23-25(31)28(26(32)34-23)17-24(30)27-11-13-33-14-12-27/h7-10,15-16H,4-6,11-14,17H2,1-3H3/b23-16+. The van der Waals surface area contributed by atoms with Crippen molar-refractivity contribution in [1.82, 2.24) is 14.4 Å². The van der Waals surface area contributed by atoms with E-state index in [2.05, 4.69) is 35.8 Å². The summed E-state index contributed by atoms with van der Waals surface area (Å²) in [6.45, 7) is 7.92. The number of hydrogen-bond donors (Lipinski definition) is 0. The summed E-state index contributed by atoms with van der Waals surface area (Å²) in [5.74, 6) is -0.644. The average molecular weight is 482 g/mol. The highest BCUT2D eigenvalue weighted by Gasteiger charge is 2.37. The predicted octanol–water partition coefficient (Wildman–Crippen LogP) is 4.33. The van der Waals surface area contributed by atoms with Crippen LogP contribution in [-0.2, 0) is 20.7 Å². The van der Waals surface area contributed by atoms with Gasteiger partial charge >= 0.3 is 0 Å². The molecule has 0 aliphatic carbocycles. The summed E-state index contributed by atoms with van der Waals surface area (Å²) in [7, 11) is 0. The van der Waals surface area contributed by atoms with Crippen LogP contribution in [-0.4, -0.2) is 64.3 Å². The molecule has 3 amide bonds. The average Bonchev–Trinajstić information content (AvgIpc) is 3.27. The number of thioether (sulfide) groups is 1. The molecule has 0 unspecified atom stereocenters. The first kappa shape index (κ1) is 24.3. The topological polar surface area (TPSA) is 71.8 Å². The van der Waals surface area contributed by atoms with Crippen molar-refractivity contribution in [2.45, 2.75) is 40.0 Å². The van der Waals surface area contributed by atoms with E-state index in [1.165, 1.54) is 18.4 Å². The van der Waals surface area contributed by atoms with E-state index in [0.717, 1.165) is 45.7 Å². The minimum Gasteiger partial charge on any atom is -0.378 e. The lowest BCUT2D eigenvalue weighted by molar-refractivity contribution is -0.139. The largest absolute Gasteiger partial charge is 0.378 e. The van der Waals surface area contributed by atoms with Gasteiger partial charge in [0.1, 0.15) is 6.54 Å². The second-order valence-corrected chi connectivity index (χ2v) is 9.69. The van der Waals surface area contributed by atoms with E-state index in [4.69, 9.17) is 4.74 Å². The second kappa shape index (κ2) is 10.6. The van der Waals surface area contributed by atoms with E-state index >= 15 is 0 Å². The molecule has 34 heavy (non-hydrogen) atoms. The number of unbranched alkanes of at least 4 members (excludes halogenated alkanes) is 1. The molecule has 2 aliphatic rings. The summed E-state index contributed by atoms with van der Waals surface area (Å²) >= 11 is 0.888. The van der Waals surface area contributed by atoms with Crippen molar-refractivity contribution in [3.05, 3.63) is 57.8 Å². The third kappa shape index (κ3) is 5.13. The normalized spacial score (nSPS) is 17.8. The fourth-order valence-electron chi connectivity index (χ4n) is 4.35. The first-order chi connectivity index (χ1) is 16.4. The molecule has 0 radical (unpaired) electrons. The quantitative estimate of drug-likeness (QED) is 0.551. The number of ether oxygens (including phenoxy) is 1. The van der Waals surface area contributed by atoms with E-state index in [9.17, 15) is 14.4 Å². The zero-order valence-electron chi connectivity index (χ0n) is 20.0. The number of carbonyl (C=O) groups is 3. The van der Waals surface area contributed by atoms with Gasteiger partial charge in [0.2, 0.25) is 5.91 Å². The number of rotatable bonds is 7. The number of imide groups is 1. The molecule has 1 aromatic heterocycles. The van der Waals surface area contributed by atoms with Crippen LogP contribution in [0, 0.1) is 13.8 Å². The lowest BCUT2D eigenvalue weighted by atomic mass is 10.1. The molecule has 180 valence electrons. The predicted molar refractivity (Wildman–Crippen MR) is 134 cm³/mol. The fraction of sp³-hybridized carbons (Fsp3) is 0.423. The van der Waals surface area contributed by atoms with Gasteiger partial charge in [-0.1, -0.05) is 25.5 Å². The molecule has 2 fully saturated rings. The van der Waals surface area contributed by atoms with Crippen molar-refractivity contribution in [3.63, 3.8) is 0 Å². The van der Waals surface area contributed by atoms with Crippen molar-refractivity contribution in [1.29, 1.82) is 0 Å². The molecule has 0 N–H and O–H groups in total. The first-order valence-electron chi connectivity index (χ1n) is 11.8. The van der Waals surface area contributed by atoms with Crippen LogP contribution in [0.4, 0.5) is 4.79 Å². The van der Waals surface area contributed by atoms with Crippen LogP contribution in [0.1, 0.15) is 42.3 Å². The summed E-state index contributed by atoms with van der Waals surface area (Å²) in [6, 6.07) is 10.6. The minimum absolute atomic E-state index is 0.229. The van der Waals surface area contributed by atoms with Gasteiger partial charge in [0.15, 0.2) is 0 Å². The first-order valence-corrected chi connectivity index (χ1v) is 12.6. The molecule has 7 nitrogen and oxygen atoms in total. The molecular formula is C26H31N3O4S. The van der Waals surface area contributed by atoms with E-state index < -0.39 is 11.1 Å². The van der Waals surface area contributed by atoms with Crippen LogP contribution in [0.5, 0.6) is 0 Å². The second-order valence-electron chi connectivity index (χ2n) is 8.69. The molecular weight excluding hydrogens is 450 g/mol. The van der Waals surface area contributed by atoms with E-state index in [1.807, 2.05) is 19.9 Å². The Balaban J connectivity index is 1.51. The van der Waals surface area contributed by atoms with Crippen LogP contribution in [0.25, 0.3) is 11.8 Å². The summed E-state index contributed by atoms with van der Waals surface area (Å²) < 4.78 is 7.42. The molecule has 8 heteroatoms. The van der Waals surface area contributed by atoms with Crippen molar-refractivity contribution >= 4 is 34.9 Å². The monoisotopic (exact) mass is 481 g/mol. The molecule has 0 spiro atoms. The minimum atomic E-state index is -0.415. The van der Waals surface area contributed by atoms with Gasteiger partial charge in [0.05, 0.1) is 18.1 Å². The van der Waals surface area contributed by atoms with Crippen LogP contribution in [0.2, 0.25) is 0 Å². The molecule has 3 heterocycles. The summed E-state index contributed by atoms with van der Waals surface area (Å²) in [5, 5.41) is -0.408. The molecule has 2 aromatic rings. The third-order valence-corrected chi connectivity index (χ3v) is 7.21. The van der Waals surface area contributed by atoms with Gasteiger partial charge in [-0.3, -0.25) is 19.3 Å². The Kier molecular flexibility index (Phi) is 7.58. The lowest BCUT2D eigenvalue weighted by Gasteiger charge is -2.28. The van der Waals surface area contributed by atoms with Gasteiger partial charge in [-0.25, -0.2) is 0 Å². The Bertz CT molecular complexity index is 1110. The summed E-state index contributed by atoms with van der Waals surface area (Å²) in [5.41, 5.74) is 5.33. The van der Waals surface area contributed by atoms with Crippen molar-refractivity contribution in [2.24, 2.45) is 0 Å². The Morgan fingerprint density at radius 2 is 1.82 bits per heavy atom. The summed E-state index contributed by atoms with van der Waals surface area (Å²) in [4.78, 5) is 41.0. The number of aryl methyl sites for hydroxylation is 2. The molecule has 0 atom stereocenters. The number of hydrogen-bond acceptors (Lipinski definition) is 5. The Hall–Kier alpha value is -2.84. The molecule has 2 aliphatic heterocycles. The number of aromatic nitrogens is 1. The maximum Gasteiger partial charge on any atom is 0.294 e. The van der Waals surface area contributed by atoms with Crippen LogP contribution >= 0.6 is 11.8 Å². The molecule has 1 aromatic carbocycles. The number of nitrogens with zero attached hydrogens (tertiary/aromatic N) is 3. The number of morpholine rings is 1. The van der Waals surface area contributed by atoms with E-state index in [-0.39, 0.29) is 12.5 Å². The fourth-order valence-corrected chi connectivity index (χ4v) is 5.18. The Morgan fingerprint density at radius 1 is 1.12 bits per heavy atom. The Morgan fingerprint density at radius 3 is 2.50 bits per heavy atom. The number of benzene rings is 1. The van der Waals surface area contributed by atoms with Gasteiger partial charge in [-0.05, 0) is 73.9 Å². The Labute approximate surface area is 204 Å².